The molecule has 3 aromatic carbocycles. The SMILES string of the molecule is O=C(OCCO)c1ccc(-c2ccccc2)c(-c2ccccc2)c1. The topological polar surface area (TPSA) is 46.5 Å². The molecule has 0 amide bonds. The molecular weight excluding hydrogens is 300 g/mol. The van der Waals surface area contributed by atoms with E-state index in [1.54, 1.807) is 6.07 Å². The fourth-order valence-electron chi connectivity index (χ4n) is 2.62. The van der Waals surface area contributed by atoms with Gasteiger partial charge in [0.1, 0.15) is 6.61 Å². The number of hydrogen-bond donors (Lipinski definition) is 1. The molecule has 0 atom stereocenters. The van der Waals surface area contributed by atoms with Crippen molar-refractivity contribution in [1.29, 1.82) is 0 Å². The van der Waals surface area contributed by atoms with Crippen molar-refractivity contribution in [3.8, 4) is 22.3 Å². The van der Waals surface area contributed by atoms with Gasteiger partial charge in [0.15, 0.2) is 0 Å². The molecule has 0 aromatic heterocycles. The molecule has 0 bridgehead atoms. The fraction of sp³-hybridized carbons (Fsp3) is 0.0952. The van der Waals surface area contributed by atoms with Gasteiger partial charge in [0.25, 0.3) is 0 Å². The highest BCUT2D eigenvalue weighted by molar-refractivity contribution is 5.94. The monoisotopic (exact) mass is 318 g/mol. The molecule has 0 unspecified atom stereocenters. The van der Waals surface area contributed by atoms with Gasteiger partial charge < -0.3 is 9.84 Å². The van der Waals surface area contributed by atoms with Crippen molar-refractivity contribution < 1.29 is 14.6 Å². The second kappa shape index (κ2) is 7.57. The number of aliphatic hydroxyl groups excluding tert-OH is 1. The molecule has 0 aliphatic heterocycles. The van der Waals surface area contributed by atoms with Crippen molar-refractivity contribution in [2.75, 3.05) is 13.2 Å². The van der Waals surface area contributed by atoms with Gasteiger partial charge in [0.2, 0.25) is 0 Å². The van der Waals surface area contributed by atoms with E-state index in [0.717, 1.165) is 22.3 Å². The van der Waals surface area contributed by atoms with Crippen LogP contribution in [0.1, 0.15) is 10.4 Å². The third-order valence-electron chi connectivity index (χ3n) is 3.75. The summed E-state index contributed by atoms with van der Waals surface area (Å²) in [6.07, 6.45) is 0. The fourth-order valence-corrected chi connectivity index (χ4v) is 2.62. The Labute approximate surface area is 141 Å². The number of carbonyl (C=O) groups excluding carboxylic acids is 1. The van der Waals surface area contributed by atoms with E-state index in [1.807, 2.05) is 72.8 Å². The Bertz CT molecular complexity index is 811. The van der Waals surface area contributed by atoms with Crippen LogP contribution in [0.5, 0.6) is 0 Å². The molecule has 3 rings (SSSR count). The zero-order valence-electron chi connectivity index (χ0n) is 13.2. The van der Waals surface area contributed by atoms with Crippen molar-refractivity contribution in [2.45, 2.75) is 0 Å². The van der Waals surface area contributed by atoms with Gasteiger partial charge >= 0.3 is 5.97 Å². The lowest BCUT2D eigenvalue weighted by Gasteiger charge is -2.12. The standard InChI is InChI=1S/C21H18O3/c22-13-14-24-21(23)18-11-12-19(16-7-3-1-4-8-16)20(15-18)17-9-5-2-6-10-17/h1-12,15,22H,13-14H2. The van der Waals surface area contributed by atoms with Crippen LogP contribution >= 0.6 is 0 Å². The summed E-state index contributed by atoms with van der Waals surface area (Å²) in [5, 5.41) is 8.81. The van der Waals surface area contributed by atoms with Crippen LogP contribution in [-0.2, 0) is 4.74 Å². The minimum atomic E-state index is -0.430. The van der Waals surface area contributed by atoms with Crippen LogP contribution in [0.4, 0.5) is 0 Å². The van der Waals surface area contributed by atoms with E-state index in [0.29, 0.717) is 5.56 Å². The maximum absolute atomic E-state index is 12.1. The molecule has 0 aliphatic rings. The molecule has 120 valence electrons. The minimum absolute atomic E-state index is 0.0000592. The molecule has 0 radical (unpaired) electrons. The molecule has 0 saturated heterocycles. The number of hydrogen-bond acceptors (Lipinski definition) is 3. The lowest BCUT2D eigenvalue weighted by atomic mass is 9.93. The van der Waals surface area contributed by atoms with Crippen LogP contribution in [-0.4, -0.2) is 24.3 Å². The quantitative estimate of drug-likeness (QED) is 0.718. The van der Waals surface area contributed by atoms with Crippen molar-refractivity contribution in [2.24, 2.45) is 0 Å². The smallest absolute Gasteiger partial charge is 0.338 e. The Kier molecular flexibility index (Phi) is 5.04. The Balaban J connectivity index is 2.08. The van der Waals surface area contributed by atoms with Crippen LogP contribution in [0.25, 0.3) is 22.3 Å². The van der Waals surface area contributed by atoms with Crippen molar-refractivity contribution >= 4 is 5.97 Å². The second-order valence-corrected chi connectivity index (χ2v) is 5.35. The van der Waals surface area contributed by atoms with Gasteiger partial charge in [-0.3, -0.25) is 0 Å². The van der Waals surface area contributed by atoms with Gasteiger partial charge in [-0.05, 0) is 34.4 Å². The van der Waals surface area contributed by atoms with Gasteiger partial charge in [-0.25, -0.2) is 4.79 Å². The molecule has 3 nitrogen and oxygen atoms in total. The summed E-state index contributed by atoms with van der Waals surface area (Å²) in [6.45, 7) is -0.181. The van der Waals surface area contributed by atoms with E-state index in [1.165, 1.54) is 0 Å². The zero-order valence-corrected chi connectivity index (χ0v) is 13.2. The predicted molar refractivity (Wildman–Crippen MR) is 94.7 cm³/mol. The number of carbonyl (C=O) groups is 1. The highest BCUT2D eigenvalue weighted by Gasteiger charge is 2.13. The van der Waals surface area contributed by atoms with Crippen molar-refractivity contribution in [3.63, 3.8) is 0 Å². The van der Waals surface area contributed by atoms with Crippen LogP contribution in [0, 0.1) is 0 Å². The van der Waals surface area contributed by atoms with Crippen LogP contribution < -0.4 is 0 Å². The highest BCUT2D eigenvalue weighted by atomic mass is 16.5. The van der Waals surface area contributed by atoms with Crippen LogP contribution in [0.3, 0.4) is 0 Å². The molecule has 24 heavy (non-hydrogen) atoms. The summed E-state index contributed by atoms with van der Waals surface area (Å²) < 4.78 is 5.02. The first-order valence-corrected chi connectivity index (χ1v) is 7.82. The van der Waals surface area contributed by atoms with Crippen LogP contribution in [0.15, 0.2) is 78.9 Å². The van der Waals surface area contributed by atoms with Crippen LogP contribution in [0.2, 0.25) is 0 Å². The van der Waals surface area contributed by atoms with Gasteiger partial charge in [-0.1, -0.05) is 66.7 Å². The number of aliphatic hydroxyl groups is 1. The first-order chi connectivity index (χ1) is 11.8. The summed E-state index contributed by atoms with van der Waals surface area (Å²) in [5.41, 5.74) is 4.63. The minimum Gasteiger partial charge on any atom is -0.460 e. The molecular formula is C21H18O3. The van der Waals surface area contributed by atoms with E-state index in [4.69, 9.17) is 9.84 Å². The van der Waals surface area contributed by atoms with Gasteiger partial charge in [-0.2, -0.15) is 0 Å². The highest BCUT2D eigenvalue weighted by Crippen LogP contribution is 2.33. The first-order valence-electron chi connectivity index (χ1n) is 7.82. The third kappa shape index (κ3) is 3.53. The summed E-state index contributed by atoms with van der Waals surface area (Å²) in [5.74, 6) is -0.430. The number of benzene rings is 3. The normalized spacial score (nSPS) is 10.4. The molecule has 0 spiro atoms. The average Bonchev–Trinajstić information content (AvgIpc) is 2.67. The lowest BCUT2D eigenvalue weighted by molar-refractivity contribution is 0.0434. The van der Waals surface area contributed by atoms with Gasteiger partial charge in [0.05, 0.1) is 12.2 Å². The summed E-state index contributed by atoms with van der Waals surface area (Å²) >= 11 is 0. The van der Waals surface area contributed by atoms with E-state index < -0.39 is 5.97 Å². The summed E-state index contributed by atoms with van der Waals surface area (Å²) in [4.78, 5) is 12.1. The van der Waals surface area contributed by atoms with E-state index in [-0.39, 0.29) is 13.2 Å². The number of rotatable bonds is 5. The number of ether oxygens (including phenoxy) is 1. The molecule has 0 saturated carbocycles. The molecule has 1 N–H and O–H groups in total. The Morgan fingerprint density at radius 2 is 1.38 bits per heavy atom. The maximum atomic E-state index is 12.1. The maximum Gasteiger partial charge on any atom is 0.338 e. The van der Waals surface area contributed by atoms with Crippen molar-refractivity contribution in [3.05, 3.63) is 84.4 Å². The van der Waals surface area contributed by atoms with Gasteiger partial charge in [-0.15, -0.1) is 0 Å². The first kappa shape index (κ1) is 16.0. The molecule has 0 heterocycles. The lowest BCUT2D eigenvalue weighted by Crippen LogP contribution is -2.09. The third-order valence-corrected chi connectivity index (χ3v) is 3.75. The summed E-state index contributed by atoms with van der Waals surface area (Å²) in [7, 11) is 0. The molecule has 3 aromatic rings. The number of esters is 1. The largest absolute Gasteiger partial charge is 0.460 e. The van der Waals surface area contributed by atoms with E-state index in [2.05, 4.69) is 0 Å². The van der Waals surface area contributed by atoms with Crippen molar-refractivity contribution in [1.82, 2.24) is 0 Å². The van der Waals surface area contributed by atoms with E-state index in [9.17, 15) is 4.79 Å². The van der Waals surface area contributed by atoms with Gasteiger partial charge in [0, 0.05) is 0 Å². The zero-order chi connectivity index (χ0) is 16.8. The molecule has 3 heteroatoms. The Morgan fingerprint density at radius 3 is 1.96 bits per heavy atom. The molecule has 0 fully saturated rings. The second-order valence-electron chi connectivity index (χ2n) is 5.35. The predicted octanol–water partition coefficient (Wildman–Crippen LogP) is 4.17. The summed E-state index contributed by atoms with van der Waals surface area (Å²) in [6, 6.07) is 25.5. The average molecular weight is 318 g/mol. The Morgan fingerprint density at radius 1 is 0.792 bits per heavy atom. The molecule has 0 aliphatic carbocycles. The Hall–Kier alpha value is -2.91. The van der Waals surface area contributed by atoms with E-state index >= 15 is 0 Å².